The average molecular weight is 409 g/mol. The average Bonchev–Trinajstić information content (AvgIpc) is 2.98. The van der Waals surface area contributed by atoms with Crippen LogP contribution in [0.1, 0.15) is 16.9 Å². The minimum absolute atomic E-state index is 0.0330. The van der Waals surface area contributed by atoms with Gasteiger partial charge in [-0.1, -0.05) is 15.9 Å². The van der Waals surface area contributed by atoms with Gasteiger partial charge in [0.15, 0.2) is 5.96 Å². The van der Waals surface area contributed by atoms with Gasteiger partial charge in [-0.15, -0.1) is 11.3 Å². The summed E-state index contributed by atoms with van der Waals surface area (Å²) in [6.07, 6.45) is 0.370. The summed E-state index contributed by atoms with van der Waals surface area (Å²) in [6.45, 7) is 3.34. The van der Waals surface area contributed by atoms with Gasteiger partial charge in [-0.05, 0) is 48.2 Å². The van der Waals surface area contributed by atoms with Gasteiger partial charge in [-0.25, -0.2) is 0 Å². The molecule has 0 bridgehead atoms. The van der Waals surface area contributed by atoms with Crippen molar-refractivity contribution >= 4 is 44.8 Å². The maximum Gasteiger partial charge on any atom is 0.226 e. The first kappa shape index (κ1) is 18.5. The van der Waals surface area contributed by atoms with Crippen LogP contribution < -0.4 is 16.0 Å². The third-order valence-corrected chi connectivity index (χ3v) is 4.93. The third kappa shape index (κ3) is 5.98. The van der Waals surface area contributed by atoms with E-state index in [-0.39, 0.29) is 5.91 Å². The lowest BCUT2D eigenvalue weighted by Gasteiger charge is -2.12. The van der Waals surface area contributed by atoms with E-state index in [2.05, 4.69) is 55.2 Å². The van der Waals surface area contributed by atoms with Gasteiger partial charge < -0.3 is 16.0 Å². The SMILES string of the molecule is CN=C(NCCC(=O)Nc1ccc(Br)cc1)NCc1sccc1C. The molecule has 0 atom stereocenters. The molecular formula is C17H21BrN4OS. The first-order valence-electron chi connectivity index (χ1n) is 7.61. The van der Waals surface area contributed by atoms with Crippen molar-refractivity contribution in [1.82, 2.24) is 10.6 Å². The van der Waals surface area contributed by atoms with Gasteiger partial charge in [0, 0.05) is 35.1 Å². The van der Waals surface area contributed by atoms with Crippen LogP contribution in [0.4, 0.5) is 5.69 Å². The lowest BCUT2D eigenvalue weighted by molar-refractivity contribution is -0.116. The largest absolute Gasteiger partial charge is 0.356 e. The smallest absolute Gasteiger partial charge is 0.226 e. The molecule has 5 nitrogen and oxygen atoms in total. The van der Waals surface area contributed by atoms with Gasteiger partial charge in [0.05, 0.1) is 6.54 Å². The second-order valence-corrected chi connectivity index (χ2v) is 7.10. The molecule has 0 spiro atoms. The molecule has 3 N–H and O–H groups in total. The molecule has 1 amide bonds. The Morgan fingerprint density at radius 3 is 2.58 bits per heavy atom. The number of amides is 1. The number of carbonyl (C=O) groups excluding carboxylic acids is 1. The molecule has 0 aliphatic rings. The second kappa shape index (κ2) is 9.44. The van der Waals surface area contributed by atoms with Crippen molar-refractivity contribution in [2.24, 2.45) is 4.99 Å². The summed E-state index contributed by atoms with van der Waals surface area (Å²) < 4.78 is 0.984. The maximum absolute atomic E-state index is 11.9. The zero-order valence-corrected chi connectivity index (χ0v) is 16.1. The van der Waals surface area contributed by atoms with Crippen molar-refractivity contribution in [3.63, 3.8) is 0 Å². The Balaban J connectivity index is 1.70. The summed E-state index contributed by atoms with van der Waals surface area (Å²) in [4.78, 5) is 17.4. The van der Waals surface area contributed by atoms with Crippen LogP contribution in [0.2, 0.25) is 0 Å². The number of aryl methyl sites for hydroxylation is 1. The monoisotopic (exact) mass is 408 g/mol. The van der Waals surface area contributed by atoms with Crippen LogP contribution in [0.5, 0.6) is 0 Å². The predicted octanol–water partition coefficient (Wildman–Crippen LogP) is 3.51. The Labute approximate surface area is 154 Å². The summed E-state index contributed by atoms with van der Waals surface area (Å²) in [5.74, 6) is 0.661. The van der Waals surface area contributed by atoms with E-state index >= 15 is 0 Å². The molecule has 2 rings (SSSR count). The van der Waals surface area contributed by atoms with E-state index in [0.29, 0.717) is 18.9 Å². The van der Waals surface area contributed by atoms with E-state index in [4.69, 9.17) is 0 Å². The highest BCUT2D eigenvalue weighted by Gasteiger charge is 2.05. The van der Waals surface area contributed by atoms with Crippen LogP contribution in [-0.2, 0) is 11.3 Å². The highest BCUT2D eigenvalue weighted by atomic mass is 79.9. The summed E-state index contributed by atoms with van der Waals surface area (Å²) in [5, 5.41) is 11.3. The maximum atomic E-state index is 11.9. The van der Waals surface area contributed by atoms with E-state index in [0.717, 1.165) is 16.7 Å². The van der Waals surface area contributed by atoms with E-state index in [1.54, 1.807) is 18.4 Å². The van der Waals surface area contributed by atoms with Crippen LogP contribution in [0, 0.1) is 6.92 Å². The number of halogens is 1. The molecule has 7 heteroatoms. The topological polar surface area (TPSA) is 65.5 Å². The quantitative estimate of drug-likeness (QED) is 0.505. The normalized spacial score (nSPS) is 11.2. The molecule has 128 valence electrons. The van der Waals surface area contributed by atoms with Crippen LogP contribution in [0.25, 0.3) is 0 Å². The minimum atomic E-state index is -0.0330. The van der Waals surface area contributed by atoms with Crippen LogP contribution in [0.15, 0.2) is 45.2 Å². The van der Waals surface area contributed by atoms with Crippen LogP contribution >= 0.6 is 27.3 Å². The van der Waals surface area contributed by atoms with Crippen molar-refractivity contribution in [1.29, 1.82) is 0 Å². The molecular weight excluding hydrogens is 388 g/mol. The van der Waals surface area contributed by atoms with Crippen molar-refractivity contribution in [3.8, 4) is 0 Å². The van der Waals surface area contributed by atoms with E-state index < -0.39 is 0 Å². The molecule has 1 aromatic carbocycles. The molecule has 0 saturated carbocycles. The number of anilines is 1. The van der Waals surface area contributed by atoms with Crippen molar-refractivity contribution in [2.75, 3.05) is 18.9 Å². The second-order valence-electron chi connectivity index (χ2n) is 5.18. The van der Waals surface area contributed by atoms with Crippen molar-refractivity contribution in [3.05, 3.63) is 50.6 Å². The Hall–Kier alpha value is -1.86. The third-order valence-electron chi connectivity index (χ3n) is 3.38. The molecule has 0 fully saturated rings. The van der Waals surface area contributed by atoms with E-state index in [1.807, 2.05) is 24.3 Å². The number of carbonyl (C=O) groups is 1. The summed E-state index contributed by atoms with van der Waals surface area (Å²) in [6, 6.07) is 9.61. The zero-order valence-electron chi connectivity index (χ0n) is 13.7. The minimum Gasteiger partial charge on any atom is -0.356 e. The van der Waals surface area contributed by atoms with E-state index in [9.17, 15) is 4.79 Å². The summed E-state index contributed by atoms with van der Waals surface area (Å²) in [7, 11) is 1.72. The number of benzene rings is 1. The van der Waals surface area contributed by atoms with Gasteiger partial charge in [0.2, 0.25) is 5.91 Å². The Morgan fingerprint density at radius 2 is 1.96 bits per heavy atom. The van der Waals surface area contributed by atoms with Gasteiger partial charge in [-0.3, -0.25) is 9.79 Å². The van der Waals surface area contributed by atoms with E-state index in [1.165, 1.54) is 10.4 Å². The first-order chi connectivity index (χ1) is 11.6. The lowest BCUT2D eigenvalue weighted by Crippen LogP contribution is -2.38. The molecule has 0 aliphatic heterocycles. The molecule has 0 radical (unpaired) electrons. The number of nitrogens with one attached hydrogen (secondary N) is 3. The van der Waals surface area contributed by atoms with Gasteiger partial charge in [0.1, 0.15) is 0 Å². The number of rotatable bonds is 6. The predicted molar refractivity (Wildman–Crippen MR) is 105 cm³/mol. The number of hydrogen-bond donors (Lipinski definition) is 3. The summed E-state index contributed by atoms with van der Waals surface area (Å²) in [5.41, 5.74) is 2.07. The zero-order chi connectivity index (χ0) is 17.4. The van der Waals surface area contributed by atoms with Gasteiger partial charge in [-0.2, -0.15) is 0 Å². The van der Waals surface area contributed by atoms with Crippen LogP contribution in [0.3, 0.4) is 0 Å². The Morgan fingerprint density at radius 1 is 1.21 bits per heavy atom. The fraction of sp³-hybridized carbons (Fsp3) is 0.294. The number of hydrogen-bond acceptors (Lipinski definition) is 3. The Bertz CT molecular complexity index is 697. The highest BCUT2D eigenvalue weighted by Crippen LogP contribution is 2.15. The molecule has 0 unspecified atom stereocenters. The fourth-order valence-electron chi connectivity index (χ4n) is 2.02. The Kier molecular flexibility index (Phi) is 7.27. The standard InChI is InChI=1S/C17H21BrN4OS/c1-12-8-10-24-15(12)11-21-17(19-2)20-9-7-16(23)22-14-5-3-13(18)4-6-14/h3-6,8,10H,7,9,11H2,1-2H3,(H,22,23)(H2,19,20,21). The fourth-order valence-corrected chi connectivity index (χ4v) is 3.13. The molecule has 24 heavy (non-hydrogen) atoms. The highest BCUT2D eigenvalue weighted by molar-refractivity contribution is 9.10. The van der Waals surface area contributed by atoms with Crippen molar-refractivity contribution < 1.29 is 4.79 Å². The van der Waals surface area contributed by atoms with Crippen LogP contribution in [-0.4, -0.2) is 25.5 Å². The lowest BCUT2D eigenvalue weighted by atomic mass is 10.3. The first-order valence-corrected chi connectivity index (χ1v) is 9.28. The van der Waals surface area contributed by atoms with Crippen molar-refractivity contribution in [2.45, 2.75) is 19.9 Å². The molecule has 2 aromatic rings. The molecule has 0 aliphatic carbocycles. The number of thiophene rings is 1. The molecule has 1 heterocycles. The van der Waals surface area contributed by atoms with Gasteiger partial charge in [0.25, 0.3) is 0 Å². The molecule has 0 saturated heterocycles. The number of guanidine groups is 1. The number of aliphatic imine (C=N–C) groups is 1. The number of nitrogens with zero attached hydrogens (tertiary/aromatic N) is 1. The summed E-state index contributed by atoms with van der Waals surface area (Å²) >= 11 is 5.09. The van der Waals surface area contributed by atoms with Gasteiger partial charge >= 0.3 is 0 Å². The molecule has 1 aromatic heterocycles.